The zero-order chi connectivity index (χ0) is 41.4. The van der Waals surface area contributed by atoms with Crippen LogP contribution in [0, 0.1) is 28.4 Å². The molecule has 2 N–H and O–H groups in total. The molecule has 2 heterocycles. The van der Waals surface area contributed by atoms with E-state index in [1.54, 1.807) is 13.8 Å². The molecule has 3 aromatic carbocycles. The lowest BCUT2D eigenvalue weighted by atomic mass is 9.52. The Labute approximate surface area is 334 Å². The van der Waals surface area contributed by atoms with Crippen LogP contribution in [0.1, 0.15) is 69.4 Å². The molecule has 5 rings (SSSR count). The van der Waals surface area contributed by atoms with Gasteiger partial charge in [0.05, 0.1) is 42.1 Å². The van der Waals surface area contributed by atoms with Crippen LogP contribution >= 0.6 is 23.2 Å². The number of amides is 2. The number of benzene rings is 3. The number of halogens is 4. The molecule has 0 aliphatic carbocycles. The predicted octanol–water partition coefficient (Wildman–Crippen LogP) is 7.71. The Morgan fingerprint density at radius 3 is 2.41 bits per heavy atom. The smallest absolute Gasteiger partial charge is 0.414 e. The Morgan fingerprint density at radius 2 is 1.80 bits per heavy atom. The van der Waals surface area contributed by atoms with Gasteiger partial charge in [0.1, 0.15) is 22.8 Å². The first kappa shape index (κ1) is 42.6. The quantitative estimate of drug-likeness (QED) is 0.154. The van der Waals surface area contributed by atoms with Crippen LogP contribution in [-0.4, -0.2) is 74.5 Å². The van der Waals surface area contributed by atoms with E-state index in [1.807, 2.05) is 20.8 Å². The number of anilines is 1. The number of hydrogen-bond donors (Lipinski definition) is 2. The minimum absolute atomic E-state index is 0.00541. The van der Waals surface area contributed by atoms with Crippen LogP contribution in [0.2, 0.25) is 10.0 Å². The summed E-state index contributed by atoms with van der Waals surface area (Å²) in [5, 5.41) is 16.9. The Balaban J connectivity index is 1.46. The van der Waals surface area contributed by atoms with E-state index in [9.17, 15) is 19.6 Å². The number of esters is 1. The van der Waals surface area contributed by atoms with Gasteiger partial charge < -0.3 is 34.3 Å². The highest BCUT2D eigenvalue weighted by Gasteiger charge is 2.67. The lowest BCUT2D eigenvalue weighted by Crippen LogP contribution is -2.58. The zero-order valence-electron chi connectivity index (χ0n) is 32.2. The van der Waals surface area contributed by atoms with Gasteiger partial charge in [-0.05, 0) is 67.6 Å². The van der Waals surface area contributed by atoms with Crippen molar-refractivity contribution in [3.63, 3.8) is 0 Å². The summed E-state index contributed by atoms with van der Waals surface area (Å²) in [5.74, 6) is -4.07. The summed E-state index contributed by atoms with van der Waals surface area (Å²) >= 11 is 12.5. The van der Waals surface area contributed by atoms with E-state index in [0.717, 1.165) is 6.07 Å². The molecule has 12 nitrogen and oxygen atoms in total. The van der Waals surface area contributed by atoms with Crippen LogP contribution in [0.25, 0.3) is 0 Å². The van der Waals surface area contributed by atoms with Crippen molar-refractivity contribution in [2.75, 3.05) is 32.6 Å². The third-order valence-corrected chi connectivity index (χ3v) is 10.4. The number of carbonyl (C=O) groups is 3. The monoisotopic (exact) mass is 816 g/mol. The van der Waals surface area contributed by atoms with Gasteiger partial charge in [-0.1, -0.05) is 62.2 Å². The van der Waals surface area contributed by atoms with E-state index < -0.39 is 70.2 Å². The van der Waals surface area contributed by atoms with Gasteiger partial charge >= 0.3 is 12.1 Å². The first-order valence-electron chi connectivity index (χ1n) is 17.7. The standard InChI is InChI=1S/C40H44Cl2F2N4O8/c1-22(55-36(51)48(7)31-18-53-38(5,6)56-31)54-35(50)23-12-15-29(30(16-23)52-8)47-34(49)33-40(19-37(2,3)4,26-10-9-11-27(42)32(26)44)39(20-45,21-46-33)25-14-13-24(41)17-28(25)43/h9-17,22,31,33,46H,18-19,21H2,1-8H3,(H,47,49)/t22?,31?,33-,39+,40-/m0/s1. The van der Waals surface area contributed by atoms with Gasteiger partial charge in [-0.25, -0.2) is 18.4 Å². The fraction of sp³-hybridized carbons (Fsp3) is 0.450. The minimum atomic E-state index is -1.86. The Kier molecular flexibility index (Phi) is 12.3. The van der Waals surface area contributed by atoms with Gasteiger partial charge in [0.25, 0.3) is 0 Å². The predicted molar refractivity (Wildman–Crippen MR) is 203 cm³/mol. The van der Waals surface area contributed by atoms with Gasteiger partial charge in [0, 0.05) is 36.5 Å². The van der Waals surface area contributed by atoms with E-state index in [2.05, 4.69) is 16.7 Å². The number of rotatable bonds is 10. The Hall–Kier alpha value is -4.52. The summed E-state index contributed by atoms with van der Waals surface area (Å²) in [6.07, 6.45) is -2.81. The third-order valence-electron chi connectivity index (χ3n) is 9.86. The molecular weight excluding hydrogens is 773 g/mol. The molecule has 2 aliphatic heterocycles. The largest absolute Gasteiger partial charge is 0.495 e. The summed E-state index contributed by atoms with van der Waals surface area (Å²) in [6, 6.07) is 13.2. The average molecular weight is 818 g/mol. The highest BCUT2D eigenvalue weighted by Crippen LogP contribution is 2.57. The lowest BCUT2D eigenvalue weighted by Gasteiger charge is -2.47. The van der Waals surface area contributed by atoms with E-state index in [1.165, 1.54) is 74.5 Å². The molecule has 16 heteroatoms. The fourth-order valence-electron chi connectivity index (χ4n) is 7.51. The van der Waals surface area contributed by atoms with Crippen molar-refractivity contribution >= 4 is 46.9 Å². The number of nitrogens with one attached hydrogen (secondary N) is 2. The fourth-order valence-corrected chi connectivity index (χ4v) is 7.84. The molecule has 2 aliphatic rings. The van der Waals surface area contributed by atoms with Gasteiger partial charge in [-0.3, -0.25) is 9.69 Å². The lowest BCUT2D eigenvalue weighted by molar-refractivity contribution is -0.156. The van der Waals surface area contributed by atoms with Crippen LogP contribution in [0.3, 0.4) is 0 Å². The van der Waals surface area contributed by atoms with Crippen molar-refractivity contribution in [3.8, 4) is 11.8 Å². The van der Waals surface area contributed by atoms with Gasteiger partial charge in [-0.2, -0.15) is 5.26 Å². The molecule has 2 saturated heterocycles. The van der Waals surface area contributed by atoms with E-state index in [4.69, 9.17) is 46.9 Å². The van der Waals surface area contributed by atoms with Crippen molar-refractivity contribution in [2.24, 2.45) is 5.41 Å². The number of nitrogens with zero attached hydrogens (tertiary/aromatic N) is 2. The summed E-state index contributed by atoms with van der Waals surface area (Å²) < 4.78 is 59.7. The van der Waals surface area contributed by atoms with Crippen LogP contribution in [0.5, 0.6) is 5.75 Å². The summed E-state index contributed by atoms with van der Waals surface area (Å²) in [7, 11) is 2.78. The van der Waals surface area contributed by atoms with Crippen LogP contribution in [0.4, 0.5) is 19.3 Å². The van der Waals surface area contributed by atoms with Crippen molar-refractivity contribution < 1.29 is 46.8 Å². The molecule has 0 radical (unpaired) electrons. The number of likely N-dealkylation sites (N-methyl/N-ethyl adjacent to an activating group) is 1. The molecule has 0 spiro atoms. The molecule has 300 valence electrons. The molecule has 3 aromatic rings. The SMILES string of the molecule is COc1cc(C(=O)OC(C)OC(=O)N(C)C2COC(C)(C)O2)ccc1NC(=O)[C@@H]1NC[C@](C#N)(c2ccc(Cl)cc2F)[C@@]1(CC(C)(C)C)c1cccc(Cl)c1F. The van der Waals surface area contributed by atoms with Crippen LogP contribution in [0.15, 0.2) is 54.6 Å². The molecule has 2 unspecified atom stereocenters. The van der Waals surface area contributed by atoms with Gasteiger partial charge in [0.2, 0.25) is 12.2 Å². The Bertz CT molecular complexity index is 2060. The first-order valence-corrected chi connectivity index (χ1v) is 18.4. The zero-order valence-corrected chi connectivity index (χ0v) is 33.7. The molecule has 0 aromatic heterocycles. The third kappa shape index (κ3) is 8.28. The van der Waals surface area contributed by atoms with E-state index >= 15 is 8.78 Å². The number of nitriles is 1. The number of methoxy groups -OCH3 is 1. The molecule has 0 saturated carbocycles. The van der Waals surface area contributed by atoms with E-state index in [-0.39, 0.29) is 57.7 Å². The average Bonchev–Trinajstić information content (AvgIpc) is 3.65. The molecule has 0 bridgehead atoms. The van der Waals surface area contributed by atoms with Gasteiger partial charge in [-0.15, -0.1) is 0 Å². The molecular formula is C40H44Cl2F2N4O8. The highest BCUT2D eigenvalue weighted by molar-refractivity contribution is 6.31. The van der Waals surface area contributed by atoms with Crippen molar-refractivity contribution in [3.05, 3.63) is 93.0 Å². The minimum Gasteiger partial charge on any atom is -0.495 e. The topological polar surface area (TPSA) is 148 Å². The molecule has 2 amide bonds. The Morgan fingerprint density at radius 1 is 1.09 bits per heavy atom. The second-order valence-corrected chi connectivity index (χ2v) is 16.3. The summed E-state index contributed by atoms with van der Waals surface area (Å²) in [5.41, 5.74) is -4.31. The van der Waals surface area contributed by atoms with Crippen molar-refractivity contribution in [2.45, 2.75) is 83.1 Å². The van der Waals surface area contributed by atoms with Gasteiger partial charge in [0.15, 0.2) is 12.0 Å². The number of carbonyl (C=O) groups excluding carboxylic acids is 3. The van der Waals surface area contributed by atoms with Crippen LogP contribution in [-0.2, 0) is 34.6 Å². The van der Waals surface area contributed by atoms with Crippen molar-refractivity contribution in [1.29, 1.82) is 5.26 Å². The summed E-state index contributed by atoms with van der Waals surface area (Å²) in [4.78, 5) is 41.6. The summed E-state index contributed by atoms with van der Waals surface area (Å²) in [6.45, 7) is 10.3. The maximum absolute atomic E-state index is 16.4. The second kappa shape index (κ2) is 16.1. The maximum Gasteiger partial charge on any atom is 0.414 e. The second-order valence-electron chi connectivity index (χ2n) is 15.4. The molecule has 56 heavy (non-hydrogen) atoms. The number of ether oxygens (including phenoxy) is 5. The van der Waals surface area contributed by atoms with Crippen molar-refractivity contribution in [1.82, 2.24) is 10.2 Å². The molecule has 2 fully saturated rings. The molecule has 5 atom stereocenters. The van der Waals surface area contributed by atoms with E-state index in [0.29, 0.717) is 0 Å². The maximum atomic E-state index is 16.4. The highest BCUT2D eigenvalue weighted by atomic mass is 35.5. The number of hydrogen-bond acceptors (Lipinski definition) is 10. The first-order chi connectivity index (χ1) is 26.2. The van der Waals surface area contributed by atoms with Crippen LogP contribution < -0.4 is 15.4 Å². The normalized spacial score (nSPS) is 23.5.